The molecule has 0 unspecified atom stereocenters. The fourth-order valence-electron chi connectivity index (χ4n) is 1.38. The third-order valence-corrected chi connectivity index (χ3v) is 2.02. The number of hydrogen-bond acceptors (Lipinski definition) is 1. The van der Waals surface area contributed by atoms with Crippen LogP contribution in [0.3, 0.4) is 0 Å². The first-order valence-corrected chi connectivity index (χ1v) is 7.99. The summed E-state index contributed by atoms with van der Waals surface area (Å²) in [5.74, 6) is 0. The van der Waals surface area contributed by atoms with Gasteiger partial charge in [0.2, 0.25) is 0 Å². The second kappa shape index (κ2) is 22.6. The number of hydrogen-bond donors (Lipinski definition) is 1. The Kier molecular flexibility index (Phi) is 30.2. The third kappa shape index (κ3) is 11.0. The van der Waals surface area contributed by atoms with Crippen LogP contribution in [0.25, 0.3) is 5.52 Å². The van der Waals surface area contributed by atoms with Gasteiger partial charge >= 0.3 is 0 Å². The van der Waals surface area contributed by atoms with Gasteiger partial charge in [-0.05, 0) is 25.5 Å². The van der Waals surface area contributed by atoms with Gasteiger partial charge in [-0.25, -0.2) is 0 Å². The maximum absolute atomic E-state index is 11.2. The van der Waals surface area contributed by atoms with Crippen molar-refractivity contribution in [3.05, 3.63) is 53.2 Å². The van der Waals surface area contributed by atoms with Gasteiger partial charge in [-0.15, -0.1) is 6.58 Å². The summed E-state index contributed by atoms with van der Waals surface area (Å²) in [5, 5.41) is 0. The Morgan fingerprint density at radius 1 is 1.18 bits per heavy atom. The number of allylic oxidation sites excluding steroid dienone is 1. The van der Waals surface area contributed by atoms with Crippen molar-refractivity contribution in [1.29, 1.82) is 0 Å². The topological polar surface area (TPSA) is 37.3 Å². The summed E-state index contributed by atoms with van der Waals surface area (Å²) in [6, 6.07) is 3.70. The summed E-state index contributed by atoms with van der Waals surface area (Å²) < 4.78 is 1.92. The van der Waals surface area contributed by atoms with E-state index < -0.39 is 0 Å². The molecule has 4 heteroatoms. The van der Waals surface area contributed by atoms with E-state index in [2.05, 4.69) is 18.5 Å². The van der Waals surface area contributed by atoms with E-state index in [-0.39, 0.29) is 38.3 Å². The molecule has 2 rings (SSSR count). The Hall–Kier alpha value is -0.666. The van der Waals surface area contributed by atoms with Crippen molar-refractivity contribution in [1.82, 2.24) is 9.38 Å². The molecule has 1 radical (unpaired) electrons. The summed E-state index contributed by atoms with van der Waals surface area (Å²) in [7, 11) is 0. The van der Waals surface area contributed by atoms with Crippen LogP contribution in [-0.4, -0.2) is 9.38 Å². The third-order valence-electron chi connectivity index (χ3n) is 2.02. The van der Waals surface area contributed by atoms with Gasteiger partial charge in [-0.2, -0.15) is 0 Å². The quantitative estimate of drug-likeness (QED) is 0.653. The van der Waals surface area contributed by atoms with E-state index in [4.69, 9.17) is 0 Å². The number of nitrogens with zero attached hydrogens (tertiary/aromatic N) is 1. The standard InChI is InChI=1S/C9H10N2O.C3H6.3C2H6.Y/c1-2-7-6-10-9(12)8-4-3-5-11(7)8;1-3-2;3*1-2;/h3-6H,2H2,1H3,(H,10,12);3H,1H2,2H3;3*1-2H3;. The molecule has 125 valence electrons. The second-order valence-corrected chi connectivity index (χ2v) is 3.13. The summed E-state index contributed by atoms with van der Waals surface area (Å²) >= 11 is 0. The number of H-pyrrole nitrogens is 1. The molecule has 0 aliphatic carbocycles. The van der Waals surface area contributed by atoms with Crippen LogP contribution >= 0.6 is 0 Å². The Morgan fingerprint density at radius 3 is 2.05 bits per heavy atom. The van der Waals surface area contributed by atoms with Crippen molar-refractivity contribution in [3.63, 3.8) is 0 Å². The van der Waals surface area contributed by atoms with Crippen LogP contribution in [-0.2, 0) is 39.1 Å². The fourth-order valence-corrected chi connectivity index (χ4v) is 1.38. The monoisotopic (exact) mass is 383 g/mol. The molecule has 0 saturated carbocycles. The Labute approximate surface area is 162 Å². The zero-order valence-electron chi connectivity index (χ0n) is 15.7. The summed E-state index contributed by atoms with van der Waals surface area (Å²) in [6.45, 7) is 19.3. The minimum atomic E-state index is -0.0304. The van der Waals surface area contributed by atoms with Crippen LogP contribution in [0.15, 0.2) is 42.0 Å². The van der Waals surface area contributed by atoms with Gasteiger partial charge in [0.15, 0.2) is 0 Å². The van der Waals surface area contributed by atoms with Gasteiger partial charge in [0, 0.05) is 50.8 Å². The van der Waals surface area contributed by atoms with Crippen molar-refractivity contribution in [2.24, 2.45) is 0 Å². The number of rotatable bonds is 1. The van der Waals surface area contributed by atoms with E-state index in [0.29, 0.717) is 5.52 Å². The molecule has 0 aliphatic rings. The Bertz CT molecular complexity index is 501. The second-order valence-electron chi connectivity index (χ2n) is 3.13. The van der Waals surface area contributed by atoms with Crippen molar-refractivity contribution in [2.75, 3.05) is 0 Å². The molecule has 2 heterocycles. The molecule has 0 saturated heterocycles. The molecule has 0 aromatic carbocycles. The van der Waals surface area contributed by atoms with Gasteiger partial charge < -0.3 is 9.38 Å². The van der Waals surface area contributed by atoms with Gasteiger partial charge in [-0.1, -0.05) is 54.5 Å². The average Bonchev–Trinajstić information content (AvgIpc) is 3.05. The smallest absolute Gasteiger partial charge is 0.272 e. The zero-order chi connectivity index (χ0) is 17.3. The first kappa shape index (κ1) is 29.4. The molecule has 2 aromatic rings. The van der Waals surface area contributed by atoms with E-state index in [0.717, 1.165) is 12.1 Å². The molecule has 0 atom stereocenters. The molecular weight excluding hydrogens is 349 g/mol. The predicted octanol–water partition coefficient (Wildman–Crippen LogP) is 5.46. The molecule has 2 aromatic heterocycles. The maximum Gasteiger partial charge on any atom is 0.272 e. The van der Waals surface area contributed by atoms with E-state index in [1.54, 1.807) is 12.3 Å². The van der Waals surface area contributed by atoms with Crippen LogP contribution in [0.1, 0.15) is 61.1 Å². The van der Waals surface area contributed by atoms with Crippen LogP contribution in [0.5, 0.6) is 0 Å². The molecule has 22 heavy (non-hydrogen) atoms. The van der Waals surface area contributed by atoms with Gasteiger partial charge in [0.25, 0.3) is 5.56 Å². The molecule has 0 fully saturated rings. The van der Waals surface area contributed by atoms with Crippen molar-refractivity contribution in [2.45, 2.75) is 61.8 Å². The summed E-state index contributed by atoms with van der Waals surface area (Å²) in [5.41, 5.74) is 1.81. The summed E-state index contributed by atoms with van der Waals surface area (Å²) in [4.78, 5) is 13.9. The largest absolute Gasteiger partial charge is 0.326 e. The molecule has 0 amide bonds. The maximum atomic E-state index is 11.2. The molecule has 1 N–H and O–H groups in total. The van der Waals surface area contributed by atoms with Crippen molar-refractivity contribution < 1.29 is 32.7 Å². The number of aromatic amines is 1. The van der Waals surface area contributed by atoms with Gasteiger partial charge in [0.1, 0.15) is 5.52 Å². The van der Waals surface area contributed by atoms with E-state index in [1.807, 2.05) is 71.2 Å². The van der Waals surface area contributed by atoms with E-state index in [9.17, 15) is 4.79 Å². The molecular formula is C18H34N2OY. The first-order chi connectivity index (χ1) is 10.2. The average molecular weight is 383 g/mol. The number of aryl methyl sites for hydroxylation is 1. The van der Waals surface area contributed by atoms with Crippen molar-refractivity contribution >= 4 is 5.52 Å². The zero-order valence-corrected chi connectivity index (χ0v) is 18.6. The van der Waals surface area contributed by atoms with E-state index >= 15 is 0 Å². The van der Waals surface area contributed by atoms with Gasteiger partial charge in [-0.3, -0.25) is 4.79 Å². The van der Waals surface area contributed by atoms with E-state index in [1.165, 1.54) is 0 Å². The molecule has 0 spiro atoms. The Morgan fingerprint density at radius 2 is 1.64 bits per heavy atom. The first-order valence-electron chi connectivity index (χ1n) is 7.99. The van der Waals surface area contributed by atoms with Crippen LogP contribution < -0.4 is 5.56 Å². The normalized spacial score (nSPS) is 7.27. The number of nitrogens with one attached hydrogen (secondary N) is 1. The minimum absolute atomic E-state index is 0. The number of fused-ring (bicyclic) bond motifs is 1. The molecule has 0 aliphatic heterocycles. The fraction of sp³-hybridized carbons (Fsp3) is 0.500. The van der Waals surface area contributed by atoms with Gasteiger partial charge in [0.05, 0.1) is 0 Å². The van der Waals surface area contributed by atoms with Crippen molar-refractivity contribution in [3.8, 4) is 0 Å². The van der Waals surface area contributed by atoms with Crippen LogP contribution in [0.4, 0.5) is 0 Å². The summed E-state index contributed by atoms with van der Waals surface area (Å²) in [6.07, 6.45) is 6.33. The SMILES string of the molecule is C=CC.CC.CC.CC.CCc1c[nH]c(=O)c2cccn12.[Y]. The van der Waals surface area contributed by atoms with Crippen LogP contribution in [0.2, 0.25) is 0 Å². The minimum Gasteiger partial charge on any atom is -0.326 e. The van der Waals surface area contributed by atoms with Crippen LogP contribution in [0, 0.1) is 0 Å². The number of aromatic nitrogens is 2. The predicted molar refractivity (Wildman–Crippen MR) is 97.3 cm³/mol. The molecule has 0 bridgehead atoms. The Balaban J connectivity index is -0.000000140. The molecule has 3 nitrogen and oxygen atoms in total.